The topological polar surface area (TPSA) is 78.1 Å². The Labute approximate surface area is 69.6 Å². The van der Waals surface area contributed by atoms with Crippen LogP contribution in [0.3, 0.4) is 0 Å². The lowest BCUT2D eigenvalue weighted by Gasteiger charge is -1.97. The van der Waals surface area contributed by atoms with Gasteiger partial charge in [-0.1, -0.05) is 0 Å². The van der Waals surface area contributed by atoms with Gasteiger partial charge in [0.05, 0.1) is 31.6 Å². The van der Waals surface area contributed by atoms with Gasteiger partial charge in [0, 0.05) is 0 Å². The molecule has 0 radical (unpaired) electrons. The second-order valence-electron chi connectivity index (χ2n) is 2.19. The molecular formula is C7H9N3O2. The van der Waals surface area contributed by atoms with Gasteiger partial charge in [-0.15, -0.1) is 0 Å². The molecule has 1 aromatic rings. The number of carbonyl (C=O) groups excluding carboxylic acids is 1. The predicted molar refractivity (Wildman–Crippen MR) is 42.2 cm³/mol. The maximum absolute atomic E-state index is 10.7. The number of esters is 1. The third-order valence-corrected chi connectivity index (χ3v) is 1.28. The molecule has 0 aliphatic carbocycles. The smallest absolute Gasteiger partial charge is 0.311 e. The van der Waals surface area contributed by atoms with Crippen LogP contribution in [0.25, 0.3) is 0 Å². The van der Waals surface area contributed by atoms with Crippen molar-refractivity contribution in [3.05, 3.63) is 18.1 Å². The van der Waals surface area contributed by atoms with E-state index in [0.717, 1.165) is 0 Å². The van der Waals surface area contributed by atoms with Gasteiger partial charge in [-0.3, -0.25) is 9.78 Å². The number of nitrogens with zero attached hydrogens (tertiary/aromatic N) is 2. The molecule has 1 heterocycles. The van der Waals surface area contributed by atoms with E-state index in [9.17, 15) is 4.79 Å². The Balaban J connectivity index is 2.64. The van der Waals surface area contributed by atoms with Gasteiger partial charge in [0.25, 0.3) is 0 Å². The molecular weight excluding hydrogens is 158 g/mol. The minimum Gasteiger partial charge on any atom is -0.469 e. The fourth-order valence-electron chi connectivity index (χ4n) is 0.676. The van der Waals surface area contributed by atoms with Crippen LogP contribution in [0.15, 0.2) is 12.4 Å². The largest absolute Gasteiger partial charge is 0.469 e. The molecule has 0 aromatic carbocycles. The van der Waals surface area contributed by atoms with Crippen LogP contribution in [0, 0.1) is 0 Å². The summed E-state index contributed by atoms with van der Waals surface area (Å²) in [5.41, 5.74) is 5.85. The zero-order valence-corrected chi connectivity index (χ0v) is 6.65. The van der Waals surface area contributed by atoms with E-state index in [1.54, 1.807) is 0 Å². The summed E-state index contributed by atoms with van der Waals surface area (Å²) in [6.45, 7) is 0. The van der Waals surface area contributed by atoms with E-state index >= 15 is 0 Å². The fourth-order valence-corrected chi connectivity index (χ4v) is 0.676. The number of methoxy groups -OCH3 is 1. The van der Waals surface area contributed by atoms with Gasteiger partial charge in [-0.2, -0.15) is 0 Å². The lowest BCUT2D eigenvalue weighted by Crippen LogP contribution is -2.06. The summed E-state index contributed by atoms with van der Waals surface area (Å²) in [4.78, 5) is 18.4. The molecule has 1 rings (SSSR count). The second-order valence-corrected chi connectivity index (χ2v) is 2.19. The Kier molecular flexibility index (Phi) is 2.57. The minimum atomic E-state index is -0.339. The van der Waals surface area contributed by atoms with Crippen molar-refractivity contribution in [3.8, 4) is 0 Å². The third-order valence-electron chi connectivity index (χ3n) is 1.28. The van der Waals surface area contributed by atoms with Crippen LogP contribution in [0.2, 0.25) is 0 Å². The van der Waals surface area contributed by atoms with Gasteiger partial charge in [-0.05, 0) is 0 Å². The average Bonchev–Trinajstić information content (AvgIpc) is 2.09. The molecule has 0 fully saturated rings. The maximum Gasteiger partial charge on any atom is 0.311 e. The normalized spacial score (nSPS) is 9.42. The lowest BCUT2D eigenvalue weighted by atomic mass is 10.3. The highest BCUT2D eigenvalue weighted by Gasteiger charge is 2.03. The van der Waals surface area contributed by atoms with Crippen LogP contribution in [-0.2, 0) is 16.0 Å². The van der Waals surface area contributed by atoms with Gasteiger partial charge < -0.3 is 10.5 Å². The first-order valence-electron chi connectivity index (χ1n) is 3.35. The van der Waals surface area contributed by atoms with Crippen molar-refractivity contribution in [2.45, 2.75) is 6.42 Å². The molecule has 1 aromatic heterocycles. The molecule has 5 nitrogen and oxygen atoms in total. The molecule has 0 saturated carbocycles. The molecule has 0 unspecified atom stereocenters. The molecule has 0 spiro atoms. The molecule has 12 heavy (non-hydrogen) atoms. The Hall–Kier alpha value is -1.65. The molecule has 0 aliphatic rings. The Bertz CT molecular complexity index is 270. The van der Waals surface area contributed by atoms with E-state index < -0.39 is 0 Å². The molecule has 2 N–H and O–H groups in total. The van der Waals surface area contributed by atoms with E-state index in [2.05, 4.69) is 14.7 Å². The van der Waals surface area contributed by atoms with Crippen LogP contribution in [0.1, 0.15) is 5.69 Å². The highest BCUT2D eigenvalue weighted by Crippen LogP contribution is 1.97. The summed E-state index contributed by atoms with van der Waals surface area (Å²) in [5, 5.41) is 0. The zero-order valence-electron chi connectivity index (χ0n) is 6.65. The first kappa shape index (κ1) is 8.45. The first-order chi connectivity index (χ1) is 5.72. The number of ether oxygens (including phenoxy) is 1. The number of carbonyl (C=O) groups is 1. The first-order valence-corrected chi connectivity index (χ1v) is 3.35. The number of hydrogen-bond donors (Lipinski definition) is 1. The van der Waals surface area contributed by atoms with Gasteiger partial charge in [0.1, 0.15) is 5.82 Å². The third kappa shape index (κ3) is 2.19. The van der Waals surface area contributed by atoms with E-state index in [1.165, 1.54) is 19.5 Å². The molecule has 0 aliphatic heterocycles. The number of rotatable bonds is 2. The van der Waals surface area contributed by atoms with Crippen LogP contribution in [0.4, 0.5) is 5.82 Å². The summed E-state index contributed by atoms with van der Waals surface area (Å²) in [7, 11) is 1.33. The van der Waals surface area contributed by atoms with Crippen molar-refractivity contribution in [1.82, 2.24) is 9.97 Å². The molecule has 0 atom stereocenters. The van der Waals surface area contributed by atoms with E-state index in [4.69, 9.17) is 5.73 Å². The number of nitrogens with two attached hydrogens (primary N) is 1. The summed E-state index contributed by atoms with van der Waals surface area (Å²) in [5.74, 6) is -0.00214. The van der Waals surface area contributed by atoms with Crippen LogP contribution in [-0.4, -0.2) is 23.0 Å². The Morgan fingerprint density at radius 3 is 2.83 bits per heavy atom. The monoisotopic (exact) mass is 167 g/mol. The zero-order chi connectivity index (χ0) is 8.97. The minimum absolute atomic E-state index is 0.129. The quantitative estimate of drug-likeness (QED) is 0.616. The number of anilines is 1. The van der Waals surface area contributed by atoms with Gasteiger partial charge >= 0.3 is 5.97 Å². The number of hydrogen-bond acceptors (Lipinski definition) is 5. The van der Waals surface area contributed by atoms with E-state index in [0.29, 0.717) is 11.5 Å². The van der Waals surface area contributed by atoms with Gasteiger partial charge in [0.2, 0.25) is 0 Å². The number of aromatic nitrogens is 2. The summed E-state index contributed by atoms with van der Waals surface area (Å²) in [6, 6.07) is 0. The maximum atomic E-state index is 10.7. The van der Waals surface area contributed by atoms with E-state index in [-0.39, 0.29) is 12.4 Å². The van der Waals surface area contributed by atoms with Crippen LogP contribution in [0.5, 0.6) is 0 Å². The van der Waals surface area contributed by atoms with Crippen molar-refractivity contribution < 1.29 is 9.53 Å². The van der Waals surface area contributed by atoms with Crippen LogP contribution < -0.4 is 5.73 Å². The Morgan fingerprint density at radius 2 is 2.33 bits per heavy atom. The lowest BCUT2D eigenvalue weighted by molar-refractivity contribution is -0.139. The van der Waals surface area contributed by atoms with Gasteiger partial charge in [0.15, 0.2) is 0 Å². The predicted octanol–water partition coefficient (Wildman–Crippen LogP) is -0.226. The molecule has 0 saturated heterocycles. The van der Waals surface area contributed by atoms with Crippen molar-refractivity contribution in [3.63, 3.8) is 0 Å². The summed E-state index contributed by atoms with van der Waals surface area (Å²) in [6.07, 6.45) is 2.98. The second kappa shape index (κ2) is 3.66. The summed E-state index contributed by atoms with van der Waals surface area (Å²) >= 11 is 0. The highest BCUT2D eigenvalue weighted by molar-refractivity contribution is 5.71. The Morgan fingerprint density at radius 1 is 1.58 bits per heavy atom. The molecule has 64 valence electrons. The van der Waals surface area contributed by atoms with Crippen molar-refractivity contribution in [1.29, 1.82) is 0 Å². The standard InChI is InChI=1S/C7H9N3O2/c1-12-7(11)2-5-3-10-6(8)4-9-5/h3-4H,2H2,1H3,(H2,8,10). The van der Waals surface area contributed by atoms with E-state index in [1.807, 2.05) is 0 Å². The highest BCUT2D eigenvalue weighted by atomic mass is 16.5. The molecule has 5 heteroatoms. The average molecular weight is 167 g/mol. The van der Waals surface area contributed by atoms with Crippen molar-refractivity contribution in [2.24, 2.45) is 0 Å². The fraction of sp³-hybridized carbons (Fsp3) is 0.286. The van der Waals surface area contributed by atoms with Crippen molar-refractivity contribution in [2.75, 3.05) is 12.8 Å². The molecule has 0 bridgehead atoms. The molecule has 0 amide bonds. The van der Waals surface area contributed by atoms with Crippen LogP contribution >= 0.6 is 0 Å². The summed E-state index contributed by atoms with van der Waals surface area (Å²) < 4.78 is 4.45. The SMILES string of the molecule is COC(=O)Cc1cnc(N)cn1. The van der Waals surface area contributed by atoms with Gasteiger partial charge in [-0.25, -0.2) is 4.98 Å². The van der Waals surface area contributed by atoms with Crippen molar-refractivity contribution >= 4 is 11.8 Å². The number of nitrogen functional groups attached to an aromatic ring is 1.